The van der Waals surface area contributed by atoms with Crippen LogP contribution in [0.3, 0.4) is 0 Å². The van der Waals surface area contributed by atoms with E-state index in [1.165, 1.54) is 0 Å². The molecule has 0 saturated heterocycles. The second-order valence-corrected chi connectivity index (χ2v) is 3.66. The van der Waals surface area contributed by atoms with Crippen molar-refractivity contribution in [2.24, 2.45) is 0 Å². The molecule has 70 valence electrons. The largest absolute Gasteiger partial charge is 0.261 e. The lowest BCUT2D eigenvalue weighted by Gasteiger charge is -2.14. The van der Waals surface area contributed by atoms with Crippen LogP contribution >= 0.6 is 12.6 Å². The number of rotatable bonds is 4. The molecule has 1 unspecified atom stereocenters. The summed E-state index contributed by atoms with van der Waals surface area (Å²) in [6.07, 6.45) is 4.01. The van der Waals surface area contributed by atoms with Gasteiger partial charge in [-0.1, -0.05) is 26.0 Å². The van der Waals surface area contributed by atoms with Gasteiger partial charge in [-0.05, 0) is 23.5 Å². The van der Waals surface area contributed by atoms with Crippen molar-refractivity contribution in [1.29, 1.82) is 0 Å². The lowest BCUT2D eigenvalue weighted by atomic mass is 9.99. The van der Waals surface area contributed by atoms with Crippen LogP contribution in [0.25, 0.3) is 0 Å². The average molecular weight is 193 g/mol. The summed E-state index contributed by atoms with van der Waals surface area (Å²) in [7, 11) is 0. The Kier molecular flexibility index (Phi) is 4.03. The minimum absolute atomic E-state index is 0.300. The van der Waals surface area contributed by atoms with E-state index in [2.05, 4.69) is 31.1 Å². The Hall–Kier alpha value is -0.760. The number of hydrogen-bond donors (Lipinski definition) is 1. The lowest BCUT2D eigenvalue weighted by Crippen LogP contribution is -2.00. The molecular formula is C11H15NS. The summed E-state index contributed by atoms with van der Waals surface area (Å²) >= 11 is 4.30. The molecule has 0 aliphatic rings. The Labute approximate surface area is 85.3 Å². The predicted molar refractivity (Wildman–Crippen MR) is 60.0 cm³/mol. The summed E-state index contributed by atoms with van der Waals surface area (Å²) in [6.45, 7) is 6.03. The summed E-state index contributed by atoms with van der Waals surface area (Å²) in [5, 5.41) is 0. The van der Waals surface area contributed by atoms with Crippen molar-refractivity contribution in [2.45, 2.75) is 25.7 Å². The van der Waals surface area contributed by atoms with Gasteiger partial charge in [-0.15, -0.1) is 12.6 Å². The molecule has 0 bridgehead atoms. The fraction of sp³-hybridized carbons (Fsp3) is 0.364. The van der Waals surface area contributed by atoms with Crippen LogP contribution in [0, 0.1) is 0 Å². The molecule has 2 heteroatoms. The first-order valence-electron chi connectivity index (χ1n) is 4.54. The van der Waals surface area contributed by atoms with Gasteiger partial charge in [0.15, 0.2) is 0 Å². The fourth-order valence-electron chi connectivity index (χ4n) is 1.36. The maximum Gasteiger partial charge on any atom is 0.0483 e. The van der Waals surface area contributed by atoms with E-state index in [-0.39, 0.29) is 0 Å². The molecule has 1 aromatic heterocycles. The van der Waals surface area contributed by atoms with Crippen LogP contribution in [0.4, 0.5) is 0 Å². The first kappa shape index (κ1) is 10.3. The number of hydrogen-bond acceptors (Lipinski definition) is 2. The Bertz CT molecular complexity index is 269. The number of nitrogens with zero attached hydrogens (tertiary/aromatic N) is 1. The van der Waals surface area contributed by atoms with Gasteiger partial charge in [0, 0.05) is 17.8 Å². The lowest BCUT2D eigenvalue weighted by molar-refractivity contribution is 0.693. The van der Waals surface area contributed by atoms with Gasteiger partial charge in [0.1, 0.15) is 0 Å². The Morgan fingerprint density at radius 2 is 2.38 bits per heavy atom. The van der Waals surface area contributed by atoms with Gasteiger partial charge in [-0.2, -0.15) is 0 Å². The van der Waals surface area contributed by atoms with Crippen molar-refractivity contribution in [1.82, 2.24) is 4.98 Å². The molecule has 0 N–H and O–H groups in total. The zero-order valence-electron chi connectivity index (χ0n) is 7.90. The van der Waals surface area contributed by atoms with E-state index in [9.17, 15) is 0 Å². The van der Waals surface area contributed by atoms with Gasteiger partial charge in [0.2, 0.25) is 0 Å². The molecule has 1 nitrogen and oxygen atoms in total. The van der Waals surface area contributed by atoms with Crippen LogP contribution in [0.5, 0.6) is 0 Å². The highest BCUT2D eigenvalue weighted by molar-refractivity contribution is 7.84. The summed E-state index contributed by atoms with van der Waals surface area (Å²) in [5.41, 5.74) is 1.07. The van der Waals surface area contributed by atoms with Gasteiger partial charge >= 0.3 is 0 Å². The van der Waals surface area contributed by atoms with E-state index in [0.29, 0.717) is 5.92 Å². The zero-order chi connectivity index (χ0) is 9.68. The highest BCUT2D eigenvalue weighted by Crippen LogP contribution is 2.28. The molecule has 0 aliphatic heterocycles. The van der Waals surface area contributed by atoms with Crippen LogP contribution in [-0.4, -0.2) is 4.98 Å². The molecule has 0 saturated carbocycles. The summed E-state index contributed by atoms with van der Waals surface area (Å²) in [6, 6.07) is 5.96. The van der Waals surface area contributed by atoms with Gasteiger partial charge < -0.3 is 0 Å². The summed E-state index contributed by atoms with van der Waals surface area (Å²) in [5.74, 6) is 0.300. The topological polar surface area (TPSA) is 12.9 Å². The van der Waals surface area contributed by atoms with Crippen LogP contribution in [0.1, 0.15) is 31.4 Å². The van der Waals surface area contributed by atoms with Crippen molar-refractivity contribution in [2.75, 3.05) is 0 Å². The molecule has 1 atom stereocenters. The second kappa shape index (κ2) is 5.07. The van der Waals surface area contributed by atoms with Crippen LogP contribution in [-0.2, 0) is 0 Å². The Morgan fingerprint density at radius 3 is 2.85 bits per heavy atom. The number of thiol groups is 1. The molecule has 0 amide bonds. The molecule has 0 spiro atoms. The van der Waals surface area contributed by atoms with Crippen LogP contribution in [0.15, 0.2) is 35.9 Å². The van der Waals surface area contributed by atoms with Crippen LogP contribution < -0.4 is 0 Å². The number of aromatic nitrogens is 1. The van der Waals surface area contributed by atoms with E-state index in [1.54, 1.807) is 0 Å². The SMILES string of the molecule is C=C(S)C(CCC)c1ccccn1. The molecule has 13 heavy (non-hydrogen) atoms. The van der Waals surface area contributed by atoms with E-state index in [4.69, 9.17) is 0 Å². The zero-order valence-corrected chi connectivity index (χ0v) is 8.80. The molecular weight excluding hydrogens is 178 g/mol. The monoisotopic (exact) mass is 193 g/mol. The first-order chi connectivity index (χ1) is 6.25. The van der Waals surface area contributed by atoms with Crippen molar-refractivity contribution in [3.05, 3.63) is 41.6 Å². The van der Waals surface area contributed by atoms with E-state index in [0.717, 1.165) is 23.4 Å². The Balaban J connectivity index is 2.82. The van der Waals surface area contributed by atoms with E-state index >= 15 is 0 Å². The first-order valence-corrected chi connectivity index (χ1v) is 4.99. The normalized spacial score (nSPS) is 12.5. The van der Waals surface area contributed by atoms with Gasteiger partial charge in [-0.3, -0.25) is 4.98 Å². The fourth-order valence-corrected chi connectivity index (χ4v) is 1.62. The third-order valence-electron chi connectivity index (χ3n) is 2.02. The molecule has 1 rings (SSSR count). The molecule has 0 radical (unpaired) electrons. The summed E-state index contributed by atoms with van der Waals surface area (Å²) in [4.78, 5) is 5.21. The minimum Gasteiger partial charge on any atom is -0.261 e. The smallest absolute Gasteiger partial charge is 0.0483 e. The van der Waals surface area contributed by atoms with Crippen molar-refractivity contribution >= 4 is 12.6 Å². The molecule has 0 aliphatic carbocycles. The highest BCUT2D eigenvalue weighted by atomic mass is 32.1. The number of pyridine rings is 1. The maximum absolute atomic E-state index is 4.31. The molecule has 1 heterocycles. The van der Waals surface area contributed by atoms with Crippen molar-refractivity contribution < 1.29 is 0 Å². The summed E-state index contributed by atoms with van der Waals surface area (Å²) < 4.78 is 0. The number of allylic oxidation sites excluding steroid dienone is 1. The van der Waals surface area contributed by atoms with Crippen molar-refractivity contribution in [3.8, 4) is 0 Å². The molecule has 0 aromatic carbocycles. The maximum atomic E-state index is 4.31. The van der Waals surface area contributed by atoms with Gasteiger partial charge in [-0.25, -0.2) is 0 Å². The van der Waals surface area contributed by atoms with E-state index < -0.39 is 0 Å². The van der Waals surface area contributed by atoms with Gasteiger partial charge in [0.05, 0.1) is 0 Å². The highest BCUT2D eigenvalue weighted by Gasteiger charge is 2.12. The minimum atomic E-state index is 0.300. The third kappa shape index (κ3) is 2.88. The van der Waals surface area contributed by atoms with E-state index in [1.807, 2.05) is 24.4 Å². The standard InChI is InChI=1S/C11H15NS/c1-3-6-10(9(2)13)11-7-4-5-8-12-11/h4-5,7-8,10,13H,2-3,6H2,1H3. The third-order valence-corrected chi connectivity index (χ3v) is 2.34. The Morgan fingerprint density at radius 1 is 1.62 bits per heavy atom. The second-order valence-electron chi connectivity index (χ2n) is 3.09. The van der Waals surface area contributed by atoms with Crippen molar-refractivity contribution in [3.63, 3.8) is 0 Å². The molecule has 1 aromatic rings. The predicted octanol–water partition coefficient (Wildman–Crippen LogP) is 3.41. The van der Waals surface area contributed by atoms with Gasteiger partial charge in [0.25, 0.3) is 0 Å². The van der Waals surface area contributed by atoms with Crippen LogP contribution in [0.2, 0.25) is 0 Å². The average Bonchev–Trinajstić information content (AvgIpc) is 2.15. The molecule has 0 fully saturated rings. The quantitative estimate of drug-likeness (QED) is 0.723.